The Kier molecular flexibility index (Phi) is 7.00. The first-order chi connectivity index (χ1) is 9.72. The molecular formula is C18H22ClNO. The molecule has 0 aliphatic carbocycles. The molecule has 0 saturated carbocycles. The molecule has 2 aromatic carbocycles. The standard InChI is InChI=1S/C18H21NO.ClH/c1-19(2)14-13-16(15-9-5-4-6-10-15)17-11-7-8-12-18(17)20-3;/h4-13H,14H2,1-3H3;1H/b16-13+;. The van der Waals surface area contributed by atoms with E-state index in [0.29, 0.717) is 0 Å². The number of hydrogen-bond donors (Lipinski definition) is 0. The highest BCUT2D eigenvalue weighted by Gasteiger charge is 2.09. The molecule has 0 saturated heterocycles. The lowest BCUT2D eigenvalue weighted by molar-refractivity contribution is 0.413. The molecule has 2 nitrogen and oxygen atoms in total. The van der Waals surface area contributed by atoms with Crippen molar-refractivity contribution in [3.63, 3.8) is 0 Å². The van der Waals surface area contributed by atoms with E-state index in [4.69, 9.17) is 4.74 Å². The van der Waals surface area contributed by atoms with Crippen molar-refractivity contribution < 1.29 is 4.74 Å². The van der Waals surface area contributed by atoms with Gasteiger partial charge < -0.3 is 9.64 Å². The number of nitrogens with zero attached hydrogens (tertiary/aromatic N) is 1. The van der Waals surface area contributed by atoms with Gasteiger partial charge in [-0.15, -0.1) is 12.4 Å². The van der Waals surface area contributed by atoms with Gasteiger partial charge in [-0.05, 0) is 31.3 Å². The average molecular weight is 304 g/mol. The number of rotatable bonds is 5. The molecule has 0 bridgehead atoms. The van der Waals surface area contributed by atoms with Crippen molar-refractivity contribution in [1.29, 1.82) is 0 Å². The molecule has 2 aromatic rings. The van der Waals surface area contributed by atoms with E-state index in [2.05, 4.69) is 55.4 Å². The highest BCUT2D eigenvalue weighted by Crippen LogP contribution is 2.30. The van der Waals surface area contributed by atoms with Crippen LogP contribution < -0.4 is 4.74 Å². The second kappa shape index (κ2) is 8.50. The molecule has 0 heterocycles. The van der Waals surface area contributed by atoms with E-state index >= 15 is 0 Å². The predicted molar refractivity (Wildman–Crippen MR) is 92.3 cm³/mol. The van der Waals surface area contributed by atoms with Gasteiger partial charge in [-0.3, -0.25) is 0 Å². The summed E-state index contributed by atoms with van der Waals surface area (Å²) in [6.07, 6.45) is 2.24. The van der Waals surface area contributed by atoms with Gasteiger partial charge in [-0.2, -0.15) is 0 Å². The maximum Gasteiger partial charge on any atom is 0.126 e. The number of para-hydroxylation sites is 1. The molecule has 0 aliphatic heterocycles. The van der Waals surface area contributed by atoms with E-state index in [1.54, 1.807) is 7.11 Å². The van der Waals surface area contributed by atoms with Crippen molar-refractivity contribution in [3.05, 3.63) is 71.8 Å². The lowest BCUT2D eigenvalue weighted by Gasteiger charge is -2.14. The van der Waals surface area contributed by atoms with Crippen LogP contribution in [0.15, 0.2) is 60.7 Å². The third kappa shape index (κ3) is 4.62. The molecule has 0 N–H and O–H groups in total. The van der Waals surface area contributed by atoms with Crippen LogP contribution in [-0.2, 0) is 0 Å². The van der Waals surface area contributed by atoms with Crippen molar-refractivity contribution in [2.45, 2.75) is 0 Å². The molecule has 112 valence electrons. The average Bonchev–Trinajstić information content (AvgIpc) is 2.49. The quantitative estimate of drug-likeness (QED) is 0.824. The smallest absolute Gasteiger partial charge is 0.126 e. The van der Waals surface area contributed by atoms with Crippen molar-refractivity contribution in [3.8, 4) is 5.75 Å². The van der Waals surface area contributed by atoms with Crippen LogP contribution in [0, 0.1) is 0 Å². The van der Waals surface area contributed by atoms with Crippen molar-refractivity contribution in [2.24, 2.45) is 0 Å². The number of ether oxygens (including phenoxy) is 1. The van der Waals surface area contributed by atoms with E-state index in [1.165, 1.54) is 11.1 Å². The van der Waals surface area contributed by atoms with Gasteiger partial charge in [0.15, 0.2) is 0 Å². The molecule has 0 aliphatic rings. The molecule has 0 spiro atoms. The molecular weight excluding hydrogens is 282 g/mol. The molecule has 0 unspecified atom stereocenters. The third-order valence-electron chi connectivity index (χ3n) is 3.14. The summed E-state index contributed by atoms with van der Waals surface area (Å²) in [4.78, 5) is 2.15. The molecule has 0 fully saturated rings. The first-order valence-corrected chi connectivity index (χ1v) is 6.76. The minimum Gasteiger partial charge on any atom is -0.496 e. The topological polar surface area (TPSA) is 12.5 Å². The molecule has 0 aromatic heterocycles. The van der Waals surface area contributed by atoms with Crippen molar-refractivity contribution in [2.75, 3.05) is 27.7 Å². The summed E-state index contributed by atoms with van der Waals surface area (Å²) in [6.45, 7) is 0.891. The van der Waals surface area contributed by atoms with Crippen LogP contribution in [-0.4, -0.2) is 32.6 Å². The van der Waals surface area contributed by atoms with Gasteiger partial charge in [0.25, 0.3) is 0 Å². The number of hydrogen-bond acceptors (Lipinski definition) is 2. The van der Waals surface area contributed by atoms with Gasteiger partial charge in [-0.1, -0.05) is 54.6 Å². The first-order valence-electron chi connectivity index (χ1n) is 6.76. The Morgan fingerprint density at radius 2 is 1.62 bits per heavy atom. The maximum absolute atomic E-state index is 5.50. The normalized spacial score (nSPS) is 11.1. The summed E-state index contributed by atoms with van der Waals surface area (Å²) in [5.41, 5.74) is 3.54. The van der Waals surface area contributed by atoms with E-state index in [-0.39, 0.29) is 12.4 Å². The van der Waals surface area contributed by atoms with Crippen LogP contribution in [0.4, 0.5) is 0 Å². The lowest BCUT2D eigenvalue weighted by atomic mass is 9.96. The van der Waals surface area contributed by atoms with Crippen molar-refractivity contribution in [1.82, 2.24) is 4.90 Å². The number of likely N-dealkylation sites (N-methyl/N-ethyl adjacent to an activating group) is 1. The van der Waals surface area contributed by atoms with Crippen LogP contribution in [0.1, 0.15) is 11.1 Å². The third-order valence-corrected chi connectivity index (χ3v) is 3.14. The molecule has 2 rings (SSSR count). The first kappa shape index (κ1) is 17.3. The van der Waals surface area contributed by atoms with Gasteiger partial charge in [0.05, 0.1) is 7.11 Å². The van der Waals surface area contributed by atoms with Crippen LogP contribution >= 0.6 is 12.4 Å². The van der Waals surface area contributed by atoms with Crippen LogP contribution in [0.2, 0.25) is 0 Å². The second-order valence-electron chi connectivity index (χ2n) is 4.95. The Morgan fingerprint density at radius 3 is 2.24 bits per heavy atom. The van der Waals surface area contributed by atoms with E-state index in [0.717, 1.165) is 17.9 Å². The fourth-order valence-electron chi connectivity index (χ4n) is 2.14. The minimum atomic E-state index is 0. The van der Waals surface area contributed by atoms with Crippen LogP contribution in [0.3, 0.4) is 0 Å². The Morgan fingerprint density at radius 1 is 1.00 bits per heavy atom. The zero-order valence-electron chi connectivity index (χ0n) is 12.7. The van der Waals surface area contributed by atoms with Gasteiger partial charge in [-0.25, -0.2) is 0 Å². The number of halogens is 1. The molecule has 0 amide bonds. The van der Waals surface area contributed by atoms with Gasteiger partial charge in [0.2, 0.25) is 0 Å². The Hall–Kier alpha value is -1.77. The number of methoxy groups -OCH3 is 1. The fraction of sp³-hybridized carbons (Fsp3) is 0.222. The SMILES string of the molecule is COc1ccccc1/C(=C/CN(C)C)c1ccccc1.Cl. The Balaban J connectivity index is 0.00000220. The largest absolute Gasteiger partial charge is 0.496 e. The van der Waals surface area contributed by atoms with Crippen LogP contribution in [0.5, 0.6) is 5.75 Å². The minimum absolute atomic E-state index is 0. The summed E-state index contributed by atoms with van der Waals surface area (Å²) in [5.74, 6) is 0.904. The van der Waals surface area contributed by atoms with Crippen molar-refractivity contribution >= 4 is 18.0 Å². The van der Waals surface area contributed by atoms with Gasteiger partial charge >= 0.3 is 0 Å². The monoisotopic (exact) mass is 303 g/mol. The highest BCUT2D eigenvalue weighted by atomic mass is 35.5. The maximum atomic E-state index is 5.50. The molecule has 3 heteroatoms. The molecule has 21 heavy (non-hydrogen) atoms. The predicted octanol–water partition coefficient (Wildman–Crippen LogP) is 4.11. The highest BCUT2D eigenvalue weighted by molar-refractivity contribution is 5.85. The van der Waals surface area contributed by atoms with Gasteiger partial charge in [0.1, 0.15) is 5.75 Å². The Bertz CT molecular complexity index is 579. The summed E-state index contributed by atoms with van der Waals surface area (Å²) in [5, 5.41) is 0. The molecule has 0 radical (unpaired) electrons. The summed E-state index contributed by atoms with van der Waals surface area (Å²) < 4.78 is 5.50. The summed E-state index contributed by atoms with van der Waals surface area (Å²) >= 11 is 0. The van der Waals surface area contributed by atoms with E-state index in [1.807, 2.05) is 24.3 Å². The summed E-state index contributed by atoms with van der Waals surface area (Å²) in [7, 11) is 5.86. The second-order valence-corrected chi connectivity index (χ2v) is 4.95. The zero-order valence-corrected chi connectivity index (χ0v) is 13.6. The van der Waals surface area contributed by atoms with E-state index in [9.17, 15) is 0 Å². The molecule has 0 atom stereocenters. The van der Waals surface area contributed by atoms with E-state index < -0.39 is 0 Å². The van der Waals surface area contributed by atoms with Gasteiger partial charge in [0, 0.05) is 12.1 Å². The van der Waals surface area contributed by atoms with Crippen LogP contribution in [0.25, 0.3) is 5.57 Å². The Labute approximate surface area is 133 Å². The number of benzene rings is 2. The fourth-order valence-corrected chi connectivity index (χ4v) is 2.14. The summed E-state index contributed by atoms with van der Waals surface area (Å²) in [6, 6.07) is 18.6. The lowest BCUT2D eigenvalue weighted by Crippen LogP contribution is -2.11. The zero-order chi connectivity index (χ0) is 14.4.